The third-order valence-electron chi connectivity index (χ3n) is 5.50. The highest BCUT2D eigenvalue weighted by Gasteiger charge is 2.46. The number of nitrogens with zero attached hydrogens (tertiary/aromatic N) is 2. The molecule has 4 unspecified atom stereocenters. The van der Waals surface area contributed by atoms with Crippen molar-refractivity contribution in [3.8, 4) is 0 Å². The van der Waals surface area contributed by atoms with Crippen molar-refractivity contribution in [2.24, 2.45) is 17.8 Å². The molecule has 3 aliphatic rings. The van der Waals surface area contributed by atoms with Gasteiger partial charge in [0, 0.05) is 26.2 Å². The molecule has 0 aromatic carbocycles. The highest BCUT2D eigenvalue weighted by atomic mass is 16.2. The first kappa shape index (κ1) is 16.2. The minimum atomic E-state index is -0.382. The molecule has 0 aromatic rings. The highest BCUT2D eigenvalue weighted by Crippen LogP contribution is 2.31. The summed E-state index contributed by atoms with van der Waals surface area (Å²) in [4.78, 5) is 40.2. The Labute approximate surface area is 136 Å². The standard InChI is InChI=1S/C16H26N4O3/c1-9(2)12-5-4-6-20(12)15(22)10-7-11-13(17-8-10)19(3)16(23)18-14(11)21/h9-13,17H,4-8H2,1-3H3,(H,18,21,23). The fourth-order valence-corrected chi connectivity index (χ4v) is 4.18. The number of rotatable bonds is 2. The van der Waals surface area contributed by atoms with Crippen LogP contribution in [0.5, 0.6) is 0 Å². The second kappa shape index (κ2) is 6.11. The van der Waals surface area contributed by atoms with Crippen LogP contribution in [0.3, 0.4) is 0 Å². The molecule has 3 rings (SSSR count). The zero-order chi connectivity index (χ0) is 16.7. The predicted molar refractivity (Wildman–Crippen MR) is 84.3 cm³/mol. The van der Waals surface area contributed by atoms with Gasteiger partial charge in [0.2, 0.25) is 11.8 Å². The van der Waals surface area contributed by atoms with Gasteiger partial charge in [-0.25, -0.2) is 4.79 Å². The van der Waals surface area contributed by atoms with E-state index in [2.05, 4.69) is 24.5 Å². The van der Waals surface area contributed by atoms with Crippen molar-refractivity contribution < 1.29 is 14.4 Å². The Hall–Kier alpha value is -1.63. The van der Waals surface area contributed by atoms with Crippen LogP contribution in [-0.4, -0.2) is 60.0 Å². The van der Waals surface area contributed by atoms with Crippen LogP contribution >= 0.6 is 0 Å². The number of likely N-dealkylation sites (tertiary alicyclic amines) is 1. The lowest BCUT2D eigenvalue weighted by Gasteiger charge is -2.44. The van der Waals surface area contributed by atoms with Gasteiger partial charge in [0.15, 0.2) is 0 Å². The lowest BCUT2D eigenvalue weighted by atomic mass is 9.84. The number of hydrogen-bond donors (Lipinski definition) is 2. The van der Waals surface area contributed by atoms with Gasteiger partial charge in [0.05, 0.1) is 18.0 Å². The zero-order valence-electron chi connectivity index (χ0n) is 14.0. The fraction of sp³-hybridized carbons (Fsp3) is 0.812. The van der Waals surface area contributed by atoms with Crippen LogP contribution in [0.2, 0.25) is 0 Å². The Balaban J connectivity index is 1.70. The first-order chi connectivity index (χ1) is 10.9. The molecule has 0 aliphatic carbocycles. The molecule has 128 valence electrons. The van der Waals surface area contributed by atoms with E-state index in [1.807, 2.05) is 4.90 Å². The molecule has 3 aliphatic heterocycles. The van der Waals surface area contributed by atoms with Gasteiger partial charge in [-0.05, 0) is 25.2 Å². The molecule has 0 bridgehead atoms. The Bertz CT molecular complexity index is 521. The number of fused-ring (bicyclic) bond motifs is 1. The molecule has 4 atom stereocenters. The summed E-state index contributed by atoms with van der Waals surface area (Å²) in [6.07, 6.45) is 2.31. The van der Waals surface area contributed by atoms with E-state index in [-0.39, 0.29) is 35.8 Å². The molecule has 3 saturated heterocycles. The van der Waals surface area contributed by atoms with E-state index in [0.29, 0.717) is 24.9 Å². The molecule has 0 radical (unpaired) electrons. The SMILES string of the molecule is CC(C)C1CCCN1C(=O)C1CNC2C(C1)C(=O)NC(=O)N2C. The summed E-state index contributed by atoms with van der Waals surface area (Å²) in [5.74, 6) is -0.222. The summed E-state index contributed by atoms with van der Waals surface area (Å²) in [6.45, 7) is 5.64. The molecule has 0 aromatic heterocycles. The number of carbonyl (C=O) groups is 3. The second-order valence-electron chi connectivity index (χ2n) is 7.28. The lowest BCUT2D eigenvalue weighted by Crippen LogP contribution is -2.67. The molecule has 3 heterocycles. The van der Waals surface area contributed by atoms with E-state index >= 15 is 0 Å². The summed E-state index contributed by atoms with van der Waals surface area (Å²) in [5.41, 5.74) is 0. The molecule has 0 saturated carbocycles. The summed E-state index contributed by atoms with van der Waals surface area (Å²) in [7, 11) is 1.67. The number of imide groups is 1. The van der Waals surface area contributed by atoms with Gasteiger partial charge in [0.25, 0.3) is 0 Å². The predicted octanol–water partition coefficient (Wildman–Crippen LogP) is 0.367. The van der Waals surface area contributed by atoms with Crippen molar-refractivity contribution in [1.29, 1.82) is 0 Å². The van der Waals surface area contributed by atoms with E-state index in [0.717, 1.165) is 19.4 Å². The van der Waals surface area contributed by atoms with Crippen LogP contribution < -0.4 is 10.6 Å². The molecular weight excluding hydrogens is 296 g/mol. The number of urea groups is 1. The second-order valence-corrected chi connectivity index (χ2v) is 7.28. The monoisotopic (exact) mass is 322 g/mol. The van der Waals surface area contributed by atoms with E-state index in [1.165, 1.54) is 4.90 Å². The quantitative estimate of drug-likeness (QED) is 0.769. The van der Waals surface area contributed by atoms with E-state index in [4.69, 9.17) is 0 Å². The average molecular weight is 322 g/mol. The van der Waals surface area contributed by atoms with Crippen molar-refractivity contribution in [2.75, 3.05) is 20.1 Å². The normalized spacial score (nSPS) is 34.6. The fourth-order valence-electron chi connectivity index (χ4n) is 4.18. The maximum atomic E-state index is 12.9. The largest absolute Gasteiger partial charge is 0.339 e. The average Bonchev–Trinajstić information content (AvgIpc) is 3.01. The van der Waals surface area contributed by atoms with Crippen molar-refractivity contribution in [3.63, 3.8) is 0 Å². The lowest BCUT2D eigenvalue weighted by molar-refractivity contribution is -0.141. The minimum absolute atomic E-state index is 0.152. The van der Waals surface area contributed by atoms with E-state index < -0.39 is 0 Å². The molecule has 4 amide bonds. The maximum absolute atomic E-state index is 12.9. The maximum Gasteiger partial charge on any atom is 0.325 e. The Kier molecular flexibility index (Phi) is 4.31. The van der Waals surface area contributed by atoms with Gasteiger partial charge in [-0.1, -0.05) is 13.8 Å². The summed E-state index contributed by atoms with van der Waals surface area (Å²) in [6, 6.07) is -0.0717. The van der Waals surface area contributed by atoms with Crippen LogP contribution in [0.15, 0.2) is 0 Å². The van der Waals surface area contributed by atoms with Crippen molar-refractivity contribution in [3.05, 3.63) is 0 Å². The van der Waals surface area contributed by atoms with Gasteiger partial charge in [0.1, 0.15) is 0 Å². The minimum Gasteiger partial charge on any atom is -0.339 e. The Morgan fingerprint density at radius 3 is 2.74 bits per heavy atom. The number of piperidine rings is 1. The van der Waals surface area contributed by atoms with Gasteiger partial charge in [-0.3, -0.25) is 20.2 Å². The van der Waals surface area contributed by atoms with Crippen molar-refractivity contribution >= 4 is 17.8 Å². The molecule has 7 nitrogen and oxygen atoms in total. The van der Waals surface area contributed by atoms with Gasteiger partial charge >= 0.3 is 6.03 Å². The smallest absolute Gasteiger partial charge is 0.325 e. The van der Waals surface area contributed by atoms with Crippen molar-refractivity contribution in [2.45, 2.75) is 45.3 Å². The van der Waals surface area contributed by atoms with Gasteiger partial charge < -0.3 is 9.80 Å². The summed E-state index contributed by atoms with van der Waals surface area (Å²) >= 11 is 0. The summed E-state index contributed by atoms with van der Waals surface area (Å²) < 4.78 is 0. The molecule has 23 heavy (non-hydrogen) atoms. The van der Waals surface area contributed by atoms with Crippen LogP contribution in [0, 0.1) is 17.8 Å². The molecule has 0 spiro atoms. The van der Waals surface area contributed by atoms with Gasteiger partial charge in [-0.2, -0.15) is 0 Å². The first-order valence-corrected chi connectivity index (χ1v) is 8.51. The highest BCUT2D eigenvalue weighted by molar-refractivity contribution is 5.98. The molecule has 3 fully saturated rings. The van der Waals surface area contributed by atoms with E-state index in [9.17, 15) is 14.4 Å². The van der Waals surface area contributed by atoms with Crippen LogP contribution in [0.25, 0.3) is 0 Å². The van der Waals surface area contributed by atoms with E-state index in [1.54, 1.807) is 7.05 Å². The number of carbonyl (C=O) groups excluding carboxylic acids is 3. The Morgan fingerprint density at radius 1 is 1.30 bits per heavy atom. The first-order valence-electron chi connectivity index (χ1n) is 8.51. The zero-order valence-corrected chi connectivity index (χ0v) is 14.0. The molecule has 7 heteroatoms. The van der Waals surface area contributed by atoms with Crippen LogP contribution in [-0.2, 0) is 9.59 Å². The number of amides is 4. The molecule has 2 N–H and O–H groups in total. The van der Waals surface area contributed by atoms with Crippen molar-refractivity contribution in [1.82, 2.24) is 20.4 Å². The number of hydrogen-bond acceptors (Lipinski definition) is 4. The number of nitrogens with one attached hydrogen (secondary N) is 2. The van der Waals surface area contributed by atoms with Crippen LogP contribution in [0.4, 0.5) is 4.79 Å². The summed E-state index contributed by atoms with van der Waals surface area (Å²) in [5, 5.41) is 5.59. The van der Waals surface area contributed by atoms with Gasteiger partial charge in [-0.15, -0.1) is 0 Å². The topological polar surface area (TPSA) is 81.8 Å². The Morgan fingerprint density at radius 2 is 2.04 bits per heavy atom. The third-order valence-corrected chi connectivity index (χ3v) is 5.50. The third kappa shape index (κ3) is 2.82. The molecular formula is C16H26N4O3. The van der Waals surface area contributed by atoms with Crippen LogP contribution in [0.1, 0.15) is 33.1 Å².